The molecule has 2 aromatic carbocycles. The Labute approximate surface area is 186 Å². The predicted molar refractivity (Wildman–Crippen MR) is 122 cm³/mol. The summed E-state index contributed by atoms with van der Waals surface area (Å²) in [5, 5.41) is 2.55. The van der Waals surface area contributed by atoms with Gasteiger partial charge in [-0.1, -0.05) is 52.3 Å². The molecule has 9 heteroatoms. The van der Waals surface area contributed by atoms with Crippen LogP contribution in [0.15, 0.2) is 59.1 Å². The van der Waals surface area contributed by atoms with Crippen molar-refractivity contribution in [1.29, 1.82) is 0 Å². The number of halogens is 1. The molecule has 0 saturated heterocycles. The Morgan fingerprint density at radius 2 is 1.77 bits per heavy atom. The van der Waals surface area contributed by atoms with Crippen molar-refractivity contribution in [3.05, 3.63) is 64.6 Å². The van der Waals surface area contributed by atoms with Crippen LogP contribution in [0.2, 0.25) is 0 Å². The highest BCUT2D eigenvalue weighted by Crippen LogP contribution is 2.22. The Morgan fingerprint density at radius 1 is 1.10 bits per heavy atom. The zero-order valence-corrected chi connectivity index (χ0v) is 19.6. The highest BCUT2D eigenvalue weighted by atomic mass is 79.9. The molecule has 0 heterocycles. The molecule has 2 rings (SSSR count). The van der Waals surface area contributed by atoms with Crippen LogP contribution in [0.5, 0.6) is 0 Å². The molecule has 2 amide bonds. The molecule has 30 heavy (non-hydrogen) atoms. The summed E-state index contributed by atoms with van der Waals surface area (Å²) in [7, 11) is -2.21. The predicted octanol–water partition coefficient (Wildman–Crippen LogP) is 2.42. The SMILES string of the molecule is CNC(=O)C(C)N(CCc1ccccc1)C(=O)CN(c1cccc(Br)c1)S(C)(=O)=O. The van der Waals surface area contributed by atoms with Crippen molar-refractivity contribution in [2.45, 2.75) is 19.4 Å². The normalized spacial score (nSPS) is 12.1. The molecule has 1 N–H and O–H groups in total. The van der Waals surface area contributed by atoms with Gasteiger partial charge >= 0.3 is 0 Å². The highest BCUT2D eigenvalue weighted by Gasteiger charge is 2.29. The molecule has 7 nitrogen and oxygen atoms in total. The van der Waals surface area contributed by atoms with E-state index < -0.39 is 28.5 Å². The van der Waals surface area contributed by atoms with E-state index in [2.05, 4.69) is 21.2 Å². The number of nitrogens with zero attached hydrogens (tertiary/aromatic N) is 2. The molecule has 2 aromatic rings. The Kier molecular flexibility index (Phi) is 8.43. The van der Waals surface area contributed by atoms with Gasteiger partial charge in [0.15, 0.2) is 0 Å². The van der Waals surface area contributed by atoms with Gasteiger partial charge in [0.2, 0.25) is 21.8 Å². The first-order chi connectivity index (χ1) is 14.1. The van der Waals surface area contributed by atoms with E-state index in [0.29, 0.717) is 16.6 Å². The number of anilines is 1. The number of rotatable bonds is 9. The number of sulfonamides is 1. The van der Waals surface area contributed by atoms with Gasteiger partial charge in [-0.15, -0.1) is 0 Å². The zero-order chi connectivity index (χ0) is 22.3. The lowest BCUT2D eigenvalue weighted by atomic mass is 10.1. The van der Waals surface area contributed by atoms with Crippen molar-refractivity contribution >= 4 is 43.5 Å². The minimum atomic E-state index is -3.72. The first kappa shape index (κ1) is 23.9. The average molecular weight is 496 g/mol. The topological polar surface area (TPSA) is 86.8 Å². The highest BCUT2D eigenvalue weighted by molar-refractivity contribution is 9.10. The molecule has 0 saturated carbocycles. The molecule has 0 radical (unpaired) electrons. The van der Waals surface area contributed by atoms with Crippen LogP contribution in [0, 0.1) is 0 Å². The second-order valence-electron chi connectivity index (χ2n) is 6.86. The summed E-state index contributed by atoms with van der Waals surface area (Å²) in [5.41, 5.74) is 1.39. The fraction of sp³-hybridized carbons (Fsp3) is 0.333. The molecule has 0 fully saturated rings. The van der Waals surface area contributed by atoms with E-state index in [1.807, 2.05) is 30.3 Å². The molecule has 0 bridgehead atoms. The first-order valence-electron chi connectivity index (χ1n) is 9.41. The van der Waals surface area contributed by atoms with E-state index in [4.69, 9.17) is 0 Å². The van der Waals surface area contributed by atoms with Gasteiger partial charge in [0.1, 0.15) is 12.6 Å². The first-order valence-corrected chi connectivity index (χ1v) is 12.1. The number of carbonyl (C=O) groups excluding carboxylic acids is 2. The summed E-state index contributed by atoms with van der Waals surface area (Å²) < 4.78 is 26.5. The minimum Gasteiger partial charge on any atom is -0.357 e. The molecule has 0 spiro atoms. The number of hydrogen-bond donors (Lipinski definition) is 1. The van der Waals surface area contributed by atoms with E-state index in [9.17, 15) is 18.0 Å². The summed E-state index contributed by atoms with van der Waals surface area (Å²) >= 11 is 3.32. The van der Waals surface area contributed by atoms with Gasteiger partial charge < -0.3 is 10.2 Å². The maximum atomic E-state index is 13.2. The molecule has 1 atom stereocenters. The maximum Gasteiger partial charge on any atom is 0.244 e. The van der Waals surface area contributed by atoms with Crippen LogP contribution < -0.4 is 9.62 Å². The number of likely N-dealkylation sites (N-methyl/N-ethyl adjacent to an activating group) is 1. The second-order valence-corrected chi connectivity index (χ2v) is 9.68. The summed E-state index contributed by atoms with van der Waals surface area (Å²) in [5.74, 6) is -0.766. The van der Waals surface area contributed by atoms with Gasteiger partial charge in [-0.2, -0.15) is 0 Å². The van der Waals surface area contributed by atoms with E-state index in [1.165, 1.54) is 11.9 Å². The maximum absolute atomic E-state index is 13.2. The quantitative estimate of drug-likeness (QED) is 0.578. The largest absolute Gasteiger partial charge is 0.357 e. The number of benzene rings is 2. The van der Waals surface area contributed by atoms with Crippen LogP contribution in [-0.2, 0) is 26.0 Å². The third-order valence-electron chi connectivity index (χ3n) is 4.67. The number of amides is 2. The number of carbonyl (C=O) groups is 2. The molecule has 0 aromatic heterocycles. The van der Waals surface area contributed by atoms with Crippen molar-refractivity contribution in [1.82, 2.24) is 10.2 Å². The van der Waals surface area contributed by atoms with Gasteiger partial charge in [-0.05, 0) is 37.1 Å². The number of hydrogen-bond acceptors (Lipinski definition) is 4. The minimum absolute atomic E-state index is 0.285. The van der Waals surface area contributed by atoms with Crippen molar-refractivity contribution in [2.75, 3.05) is 30.7 Å². The third-order valence-corrected chi connectivity index (χ3v) is 6.31. The van der Waals surface area contributed by atoms with E-state index in [0.717, 1.165) is 16.1 Å². The molecule has 162 valence electrons. The molecular formula is C21H26BrN3O4S. The summed E-state index contributed by atoms with van der Waals surface area (Å²) in [4.78, 5) is 26.8. The summed E-state index contributed by atoms with van der Waals surface area (Å²) in [6, 6.07) is 15.6. The lowest BCUT2D eigenvalue weighted by molar-refractivity contribution is -0.138. The van der Waals surface area contributed by atoms with Crippen LogP contribution in [0.4, 0.5) is 5.69 Å². The molecule has 1 unspecified atom stereocenters. The third kappa shape index (κ3) is 6.56. The van der Waals surface area contributed by atoms with E-state index in [1.54, 1.807) is 31.2 Å². The van der Waals surface area contributed by atoms with Crippen molar-refractivity contribution in [3.63, 3.8) is 0 Å². The standard InChI is InChI=1S/C21H26BrN3O4S/c1-16(21(27)23-2)24(13-12-17-8-5-4-6-9-17)20(26)15-25(30(3,28)29)19-11-7-10-18(22)14-19/h4-11,14,16H,12-13,15H2,1-3H3,(H,23,27). The summed E-state index contributed by atoms with van der Waals surface area (Å²) in [6.45, 7) is 1.52. The van der Waals surface area contributed by atoms with Crippen LogP contribution in [0.1, 0.15) is 12.5 Å². The fourth-order valence-electron chi connectivity index (χ4n) is 3.02. The van der Waals surface area contributed by atoms with Crippen LogP contribution in [0.25, 0.3) is 0 Å². The Balaban J connectivity index is 2.28. The van der Waals surface area contributed by atoms with Gasteiger partial charge in [-0.25, -0.2) is 8.42 Å². The van der Waals surface area contributed by atoms with Gasteiger partial charge in [0.05, 0.1) is 11.9 Å². The van der Waals surface area contributed by atoms with E-state index >= 15 is 0 Å². The Morgan fingerprint density at radius 3 is 2.33 bits per heavy atom. The van der Waals surface area contributed by atoms with Crippen molar-refractivity contribution in [2.24, 2.45) is 0 Å². The van der Waals surface area contributed by atoms with Gasteiger partial charge in [0.25, 0.3) is 0 Å². The average Bonchev–Trinajstić information content (AvgIpc) is 2.71. The molecule has 0 aliphatic rings. The molecular weight excluding hydrogens is 470 g/mol. The second kappa shape index (κ2) is 10.6. The lowest BCUT2D eigenvalue weighted by Crippen LogP contribution is -2.51. The Hall–Kier alpha value is -2.39. The van der Waals surface area contributed by atoms with Crippen LogP contribution in [0.3, 0.4) is 0 Å². The number of nitrogens with one attached hydrogen (secondary N) is 1. The van der Waals surface area contributed by atoms with Crippen molar-refractivity contribution in [3.8, 4) is 0 Å². The lowest BCUT2D eigenvalue weighted by Gasteiger charge is -2.31. The summed E-state index contributed by atoms with van der Waals surface area (Å²) in [6.07, 6.45) is 1.60. The van der Waals surface area contributed by atoms with Gasteiger partial charge in [0, 0.05) is 18.1 Å². The molecule has 0 aliphatic heterocycles. The van der Waals surface area contributed by atoms with Gasteiger partial charge in [-0.3, -0.25) is 13.9 Å². The monoisotopic (exact) mass is 495 g/mol. The van der Waals surface area contributed by atoms with Crippen molar-refractivity contribution < 1.29 is 18.0 Å². The zero-order valence-electron chi connectivity index (χ0n) is 17.2. The Bertz CT molecular complexity index is 983. The fourth-order valence-corrected chi connectivity index (χ4v) is 4.25. The van der Waals surface area contributed by atoms with Crippen LogP contribution in [-0.4, -0.2) is 57.6 Å². The van der Waals surface area contributed by atoms with E-state index in [-0.39, 0.29) is 12.5 Å². The molecule has 0 aliphatic carbocycles. The smallest absolute Gasteiger partial charge is 0.244 e. The van der Waals surface area contributed by atoms with Crippen LogP contribution >= 0.6 is 15.9 Å².